The van der Waals surface area contributed by atoms with Crippen molar-refractivity contribution in [1.82, 2.24) is 0 Å². The summed E-state index contributed by atoms with van der Waals surface area (Å²) in [6.45, 7) is 6.30. The molecule has 0 heterocycles. The smallest absolute Gasteiger partial charge is 0.306 e. The zero-order chi connectivity index (χ0) is 48.6. The fraction of sp³-hybridized carbons (Fsp3) is 0.689. The van der Waals surface area contributed by atoms with E-state index in [0.717, 1.165) is 89.9 Å². The molecule has 0 aromatic heterocycles. The van der Waals surface area contributed by atoms with Gasteiger partial charge in [0.25, 0.3) is 0 Å². The molecule has 0 saturated carbocycles. The number of hydrogen-bond donors (Lipinski definition) is 0. The van der Waals surface area contributed by atoms with E-state index >= 15 is 0 Å². The Morgan fingerprint density at radius 2 is 0.612 bits per heavy atom. The lowest BCUT2D eigenvalue weighted by molar-refractivity contribution is -0.166. The van der Waals surface area contributed by atoms with Crippen LogP contribution in [0.15, 0.2) is 97.2 Å². The summed E-state index contributed by atoms with van der Waals surface area (Å²) in [5.74, 6) is -0.993. The largest absolute Gasteiger partial charge is 0.462 e. The molecular formula is C61H102O6. The molecular weight excluding hydrogens is 829 g/mol. The Morgan fingerprint density at radius 1 is 0.313 bits per heavy atom. The summed E-state index contributed by atoms with van der Waals surface area (Å²) < 4.78 is 16.7. The number of carbonyl (C=O) groups excluding carboxylic acids is 3. The molecule has 6 nitrogen and oxygen atoms in total. The Kier molecular flexibility index (Phi) is 51.9. The van der Waals surface area contributed by atoms with Crippen LogP contribution < -0.4 is 0 Å². The second-order valence-corrected chi connectivity index (χ2v) is 18.1. The van der Waals surface area contributed by atoms with E-state index in [9.17, 15) is 14.4 Å². The van der Waals surface area contributed by atoms with Crippen molar-refractivity contribution in [3.8, 4) is 0 Å². The van der Waals surface area contributed by atoms with Gasteiger partial charge in [0.2, 0.25) is 0 Å². The van der Waals surface area contributed by atoms with Gasteiger partial charge in [0, 0.05) is 19.3 Å². The van der Waals surface area contributed by atoms with Crippen LogP contribution in [0.5, 0.6) is 0 Å². The molecule has 0 spiro atoms. The molecule has 0 aliphatic carbocycles. The molecule has 1 atom stereocenters. The molecule has 1 unspecified atom stereocenters. The molecule has 0 rings (SSSR count). The Balaban J connectivity index is 4.11. The Morgan fingerprint density at radius 3 is 0.970 bits per heavy atom. The van der Waals surface area contributed by atoms with Crippen LogP contribution in [0.3, 0.4) is 0 Å². The highest BCUT2D eigenvalue weighted by Crippen LogP contribution is 2.15. The van der Waals surface area contributed by atoms with Gasteiger partial charge < -0.3 is 14.2 Å². The van der Waals surface area contributed by atoms with Gasteiger partial charge in [-0.15, -0.1) is 0 Å². The maximum atomic E-state index is 12.7. The number of carbonyl (C=O) groups is 3. The minimum Gasteiger partial charge on any atom is -0.462 e. The van der Waals surface area contributed by atoms with Gasteiger partial charge in [-0.2, -0.15) is 0 Å². The van der Waals surface area contributed by atoms with Crippen LogP contribution in [0.25, 0.3) is 0 Å². The fourth-order valence-corrected chi connectivity index (χ4v) is 7.51. The van der Waals surface area contributed by atoms with Gasteiger partial charge >= 0.3 is 17.9 Å². The SMILES string of the molecule is CC/C=C\C/C=C\C/C=C\C/C=C\CCCCCCCCCCCCCCCCCCC(=O)OCC(COC(=O)CCCCCCCCC)OC(=O)CC/C=C\C/C=C\C/C=C\C/C=C\CC. The maximum Gasteiger partial charge on any atom is 0.306 e. The minimum atomic E-state index is -0.811. The second-order valence-electron chi connectivity index (χ2n) is 18.1. The summed E-state index contributed by atoms with van der Waals surface area (Å²) in [5, 5.41) is 0. The van der Waals surface area contributed by atoms with Crippen molar-refractivity contribution in [3.05, 3.63) is 97.2 Å². The van der Waals surface area contributed by atoms with Crippen molar-refractivity contribution in [3.63, 3.8) is 0 Å². The van der Waals surface area contributed by atoms with Crippen LogP contribution in [0.4, 0.5) is 0 Å². The highest BCUT2D eigenvalue weighted by atomic mass is 16.6. The van der Waals surface area contributed by atoms with Crippen molar-refractivity contribution in [2.45, 2.75) is 258 Å². The van der Waals surface area contributed by atoms with Crippen LogP contribution in [-0.2, 0) is 28.6 Å². The molecule has 0 aliphatic rings. The number of hydrogen-bond acceptors (Lipinski definition) is 6. The van der Waals surface area contributed by atoms with Gasteiger partial charge in [0.05, 0.1) is 0 Å². The number of ether oxygens (including phenoxy) is 3. The maximum absolute atomic E-state index is 12.7. The molecule has 0 aromatic carbocycles. The molecule has 0 fully saturated rings. The van der Waals surface area contributed by atoms with Crippen molar-refractivity contribution < 1.29 is 28.6 Å². The summed E-state index contributed by atoms with van der Waals surface area (Å²) in [6, 6.07) is 0. The van der Waals surface area contributed by atoms with Crippen LogP contribution >= 0.6 is 0 Å². The average molecular weight is 931 g/mol. The fourth-order valence-electron chi connectivity index (χ4n) is 7.51. The van der Waals surface area contributed by atoms with E-state index in [4.69, 9.17) is 14.2 Å². The van der Waals surface area contributed by atoms with E-state index in [-0.39, 0.29) is 31.6 Å². The molecule has 382 valence electrons. The van der Waals surface area contributed by atoms with Crippen molar-refractivity contribution >= 4 is 17.9 Å². The predicted octanol–water partition coefficient (Wildman–Crippen LogP) is 18.5. The first kappa shape index (κ1) is 63.3. The zero-order valence-corrected chi connectivity index (χ0v) is 43.6. The Labute approximate surface area is 413 Å². The highest BCUT2D eigenvalue weighted by molar-refractivity contribution is 5.71. The first-order valence-electron chi connectivity index (χ1n) is 27.7. The molecule has 6 heteroatoms. The van der Waals surface area contributed by atoms with Crippen molar-refractivity contribution in [1.29, 1.82) is 0 Å². The number of unbranched alkanes of at least 4 members (excludes halogenated alkanes) is 22. The predicted molar refractivity (Wildman–Crippen MR) is 288 cm³/mol. The standard InChI is InChI=1S/C61H102O6/c1-4-7-10-13-16-18-20-22-23-24-25-26-27-28-29-30-31-32-33-34-35-36-37-39-40-42-45-48-51-54-60(63)66-57-58(56-65-59(62)53-50-47-44-15-12-9-6-3)67-61(64)55-52-49-46-43-41-38-21-19-17-14-11-8-5-2/h7-8,10-11,16-19,22-23,25-26,38,41,46,49,58H,4-6,9,12-15,20-21,24,27-37,39-40,42-45,47-48,50-57H2,1-3H3/b10-7-,11-8-,18-16-,19-17-,23-22-,26-25-,41-38-,49-46-. The summed E-state index contributed by atoms with van der Waals surface area (Å²) in [6.07, 6.45) is 73.1. The van der Waals surface area contributed by atoms with E-state index in [0.29, 0.717) is 19.3 Å². The third-order valence-corrected chi connectivity index (χ3v) is 11.6. The van der Waals surface area contributed by atoms with Gasteiger partial charge in [0.1, 0.15) is 13.2 Å². The van der Waals surface area contributed by atoms with E-state index in [1.807, 2.05) is 12.2 Å². The molecule has 0 aliphatic heterocycles. The lowest BCUT2D eigenvalue weighted by Gasteiger charge is -2.18. The van der Waals surface area contributed by atoms with Crippen molar-refractivity contribution in [2.24, 2.45) is 0 Å². The summed E-state index contributed by atoms with van der Waals surface area (Å²) >= 11 is 0. The number of esters is 3. The molecule has 0 aromatic rings. The molecule has 0 bridgehead atoms. The van der Waals surface area contributed by atoms with Gasteiger partial charge in [-0.25, -0.2) is 0 Å². The van der Waals surface area contributed by atoms with E-state index in [2.05, 4.69) is 106 Å². The normalized spacial score (nSPS) is 12.8. The minimum absolute atomic E-state index is 0.104. The number of rotatable bonds is 49. The Hall–Kier alpha value is -3.67. The second kappa shape index (κ2) is 54.9. The molecule has 0 saturated heterocycles. The molecule has 0 amide bonds. The van der Waals surface area contributed by atoms with Crippen LogP contribution in [0.1, 0.15) is 252 Å². The lowest BCUT2D eigenvalue weighted by atomic mass is 10.0. The Bertz CT molecular complexity index is 1350. The summed E-state index contributed by atoms with van der Waals surface area (Å²) in [5.41, 5.74) is 0. The monoisotopic (exact) mass is 931 g/mol. The third-order valence-electron chi connectivity index (χ3n) is 11.6. The van der Waals surface area contributed by atoms with Crippen LogP contribution in [0.2, 0.25) is 0 Å². The molecule has 0 radical (unpaired) electrons. The van der Waals surface area contributed by atoms with Gasteiger partial charge in [-0.05, 0) is 83.5 Å². The quantitative estimate of drug-likeness (QED) is 0.0262. The molecule has 67 heavy (non-hydrogen) atoms. The average Bonchev–Trinajstić information content (AvgIpc) is 3.33. The highest BCUT2D eigenvalue weighted by Gasteiger charge is 2.19. The third kappa shape index (κ3) is 53.2. The van der Waals surface area contributed by atoms with Crippen molar-refractivity contribution in [2.75, 3.05) is 13.2 Å². The topological polar surface area (TPSA) is 78.9 Å². The van der Waals surface area contributed by atoms with Gasteiger partial charge in [-0.1, -0.05) is 246 Å². The van der Waals surface area contributed by atoms with Crippen LogP contribution in [0, 0.1) is 0 Å². The van der Waals surface area contributed by atoms with Gasteiger partial charge in [-0.3, -0.25) is 14.4 Å². The first-order chi connectivity index (χ1) is 33.0. The van der Waals surface area contributed by atoms with E-state index in [1.165, 1.54) is 116 Å². The van der Waals surface area contributed by atoms with Gasteiger partial charge in [0.15, 0.2) is 6.10 Å². The number of allylic oxidation sites excluding steroid dienone is 16. The van der Waals surface area contributed by atoms with E-state index < -0.39 is 12.1 Å². The zero-order valence-electron chi connectivity index (χ0n) is 43.6. The summed E-state index contributed by atoms with van der Waals surface area (Å²) in [7, 11) is 0. The first-order valence-corrected chi connectivity index (χ1v) is 27.7. The molecule has 0 N–H and O–H groups in total. The van der Waals surface area contributed by atoms with Crippen LogP contribution in [-0.4, -0.2) is 37.2 Å². The van der Waals surface area contributed by atoms with E-state index in [1.54, 1.807) is 0 Å². The summed E-state index contributed by atoms with van der Waals surface area (Å²) in [4.78, 5) is 37.8. The lowest BCUT2D eigenvalue weighted by Crippen LogP contribution is -2.30.